The molecule has 0 spiro atoms. The van der Waals surface area contributed by atoms with E-state index in [2.05, 4.69) is 16.5 Å². The van der Waals surface area contributed by atoms with Crippen molar-refractivity contribution in [2.75, 3.05) is 20.8 Å². The Kier molecular flexibility index (Phi) is 4.63. The van der Waals surface area contributed by atoms with Crippen LogP contribution in [0.15, 0.2) is 24.4 Å². The first-order chi connectivity index (χ1) is 9.73. The van der Waals surface area contributed by atoms with Crippen LogP contribution in [0, 0.1) is 0 Å². The number of hydrogen-bond acceptors (Lipinski definition) is 4. The number of nitrogens with two attached hydrogens (primary N) is 1. The summed E-state index contributed by atoms with van der Waals surface area (Å²) in [7, 11) is 3.29. The summed E-state index contributed by atoms with van der Waals surface area (Å²) in [5.41, 5.74) is 7.77. The second-order valence-electron chi connectivity index (χ2n) is 4.46. The summed E-state index contributed by atoms with van der Waals surface area (Å²) < 4.78 is 12.8. The summed E-state index contributed by atoms with van der Waals surface area (Å²) in [6.45, 7) is 3.57. The fourth-order valence-electron chi connectivity index (χ4n) is 2.28. The van der Waals surface area contributed by atoms with E-state index >= 15 is 0 Å². The standard InChI is InChI=1S/C15H21N3O2/c1-4-18-12(5-6-16)10-17-15(18)11-7-13(19-2)9-14(8-11)20-3/h7-10H,4-6,16H2,1-3H3. The van der Waals surface area contributed by atoms with Gasteiger partial charge in [-0.15, -0.1) is 0 Å². The van der Waals surface area contributed by atoms with Crippen LogP contribution >= 0.6 is 0 Å². The van der Waals surface area contributed by atoms with Crippen LogP contribution in [0.1, 0.15) is 12.6 Å². The Hall–Kier alpha value is -2.01. The summed E-state index contributed by atoms with van der Waals surface area (Å²) in [6, 6.07) is 5.77. The first kappa shape index (κ1) is 14.4. The number of nitrogens with zero attached hydrogens (tertiary/aromatic N) is 2. The summed E-state index contributed by atoms with van der Waals surface area (Å²) in [5, 5.41) is 0. The molecule has 1 aromatic carbocycles. The third-order valence-electron chi connectivity index (χ3n) is 3.26. The van der Waals surface area contributed by atoms with Crippen LogP contribution in [-0.2, 0) is 13.0 Å². The Morgan fingerprint density at radius 1 is 1.15 bits per heavy atom. The van der Waals surface area contributed by atoms with Crippen LogP contribution in [0.4, 0.5) is 0 Å². The second-order valence-corrected chi connectivity index (χ2v) is 4.46. The van der Waals surface area contributed by atoms with Gasteiger partial charge in [-0.3, -0.25) is 0 Å². The molecule has 0 aliphatic rings. The molecule has 5 nitrogen and oxygen atoms in total. The minimum Gasteiger partial charge on any atom is -0.497 e. The molecule has 0 saturated heterocycles. The zero-order valence-corrected chi connectivity index (χ0v) is 12.2. The Bertz CT molecular complexity index is 556. The van der Waals surface area contributed by atoms with E-state index in [1.165, 1.54) is 0 Å². The van der Waals surface area contributed by atoms with Gasteiger partial charge in [0.2, 0.25) is 0 Å². The molecule has 0 amide bonds. The lowest BCUT2D eigenvalue weighted by molar-refractivity contribution is 0.394. The average Bonchev–Trinajstić information content (AvgIpc) is 2.89. The van der Waals surface area contributed by atoms with Crippen molar-refractivity contribution in [3.8, 4) is 22.9 Å². The van der Waals surface area contributed by atoms with Crippen molar-refractivity contribution in [3.63, 3.8) is 0 Å². The topological polar surface area (TPSA) is 62.3 Å². The molecule has 2 N–H and O–H groups in total. The largest absolute Gasteiger partial charge is 0.497 e. The lowest BCUT2D eigenvalue weighted by Gasteiger charge is -2.11. The molecule has 2 rings (SSSR count). The zero-order chi connectivity index (χ0) is 14.5. The third-order valence-corrected chi connectivity index (χ3v) is 3.26. The predicted molar refractivity (Wildman–Crippen MR) is 79.2 cm³/mol. The first-order valence-electron chi connectivity index (χ1n) is 6.71. The Morgan fingerprint density at radius 3 is 2.30 bits per heavy atom. The normalized spacial score (nSPS) is 10.6. The van der Waals surface area contributed by atoms with Gasteiger partial charge in [-0.1, -0.05) is 0 Å². The molecule has 108 valence electrons. The van der Waals surface area contributed by atoms with E-state index < -0.39 is 0 Å². The van der Waals surface area contributed by atoms with Gasteiger partial charge in [-0.25, -0.2) is 4.98 Å². The number of methoxy groups -OCH3 is 2. The number of aromatic nitrogens is 2. The van der Waals surface area contributed by atoms with Crippen LogP contribution in [0.3, 0.4) is 0 Å². The zero-order valence-electron chi connectivity index (χ0n) is 12.2. The maximum atomic E-state index is 5.64. The highest BCUT2D eigenvalue weighted by Crippen LogP contribution is 2.29. The van der Waals surface area contributed by atoms with Gasteiger partial charge in [0.15, 0.2) is 0 Å². The molecule has 0 fully saturated rings. The van der Waals surface area contributed by atoms with Crippen molar-refractivity contribution in [2.24, 2.45) is 5.73 Å². The second kappa shape index (κ2) is 6.43. The highest BCUT2D eigenvalue weighted by atomic mass is 16.5. The van der Waals surface area contributed by atoms with E-state index in [0.29, 0.717) is 6.54 Å². The number of hydrogen-bond donors (Lipinski definition) is 1. The van der Waals surface area contributed by atoms with Crippen molar-refractivity contribution in [3.05, 3.63) is 30.1 Å². The summed E-state index contributed by atoms with van der Waals surface area (Å²) in [6.07, 6.45) is 2.71. The van der Waals surface area contributed by atoms with E-state index in [1.807, 2.05) is 24.4 Å². The predicted octanol–water partition coefficient (Wildman–Crippen LogP) is 2.09. The molecule has 0 aliphatic heterocycles. The average molecular weight is 275 g/mol. The van der Waals surface area contributed by atoms with Gasteiger partial charge >= 0.3 is 0 Å². The molecule has 0 unspecified atom stereocenters. The fourth-order valence-corrected chi connectivity index (χ4v) is 2.28. The van der Waals surface area contributed by atoms with Gasteiger partial charge in [0, 0.05) is 36.5 Å². The summed E-state index contributed by atoms with van der Waals surface area (Å²) >= 11 is 0. The number of ether oxygens (including phenoxy) is 2. The Labute approximate surface area is 119 Å². The first-order valence-corrected chi connectivity index (χ1v) is 6.71. The van der Waals surface area contributed by atoms with Crippen LogP contribution in [-0.4, -0.2) is 30.3 Å². The molecule has 0 atom stereocenters. The SMILES string of the molecule is CCn1c(CCN)cnc1-c1cc(OC)cc(OC)c1. The fraction of sp³-hybridized carbons (Fsp3) is 0.400. The van der Waals surface area contributed by atoms with E-state index in [1.54, 1.807) is 14.2 Å². The molecule has 0 radical (unpaired) electrons. The van der Waals surface area contributed by atoms with Gasteiger partial charge in [0.1, 0.15) is 17.3 Å². The van der Waals surface area contributed by atoms with E-state index in [4.69, 9.17) is 15.2 Å². The van der Waals surface area contributed by atoms with Gasteiger partial charge in [0.05, 0.1) is 14.2 Å². The van der Waals surface area contributed by atoms with Crippen molar-refractivity contribution in [1.29, 1.82) is 0 Å². The minimum atomic E-state index is 0.618. The molecule has 0 aliphatic carbocycles. The molecule has 5 heteroatoms. The number of rotatable bonds is 6. The molecule has 0 bridgehead atoms. The number of benzene rings is 1. The summed E-state index contributed by atoms with van der Waals surface area (Å²) in [5.74, 6) is 2.42. The molecule has 1 aromatic heterocycles. The highest BCUT2D eigenvalue weighted by Gasteiger charge is 2.12. The maximum Gasteiger partial charge on any atom is 0.140 e. The van der Waals surface area contributed by atoms with Gasteiger partial charge < -0.3 is 19.8 Å². The monoisotopic (exact) mass is 275 g/mol. The smallest absolute Gasteiger partial charge is 0.140 e. The van der Waals surface area contributed by atoms with E-state index in [9.17, 15) is 0 Å². The lowest BCUT2D eigenvalue weighted by Crippen LogP contribution is -2.09. The van der Waals surface area contributed by atoms with Gasteiger partial charge in [-0.2, -0.15) is 0 Å². The van der Waals surface area contributed by atoms with Crippen LogP contribution in [0.2, 0.25) is 0 Å². The quantitative estimate of drug-likeness (QED) is 0.877. The molecule has 0 saturated carbocycles. The molecule has 20 heavy (non-hydrogen) atoms. The highest BCUT2D eigenvalue weighted by molar-refractivity contribution is 5.62. The molecule has 2 aromatic rings. The molecule has 1 heterocycles. The van der Waals surface area contributed by atoms with Gasteiger partial charge in [-0.05, 0) is 25.6 Å². The molecular formula is C15H21N3O2. The van der Waals surface area contributed by atoms with Crippen molar-refractivity contribution >= 4 is 0 Å². The van der Waals surface area contributed by atoms with E-state index in [-0.39, 0.29) is 0 Å². The third kappa shape index (κ3) is 2.77. The number of imidazole rings is 1. The van der Waals surface area contributed by atoms with Gasteiger partial charge in [0.25, 0.3) is 0 Å². The van der Waals surface area contributed by atoms with Crippen molar-refractivity contribution < 1.29 is 9.47 Å². The van der Waals surface area contributed by atoms with Crippen LogP contribution < -0.4 is 15.2 Å². The van der Waals surface area contributed by atoms with Crippen LogP contribution in [0.5, 0.6) is 11.5 Å². The van der Waals surface area contributed by atoms with Crippen molar-refractivity contribution in [1.82, 2.24) is 9.55 Å². The Balaban J connectivity index is 2.50. The van der Waals surface area contributed by atoms with Crippen LogP contribution in [0.25, 0.3) is 11.4 Å². The minimum absolute atomic E-state index is 0.618. The lowest BCUT2D eigenvalue weighted by atomic mass is 10.2. The van der Waals surface area contributed by atoms with E-state index in [0.717, 1.165) is 41.5 Å². The maximum absolute atomic E-state index is 5.64. The van der Waals surface area contributed by atoms with Crippen molar-refractivity contribution in [2.45, 2.75) is 19.9 Å². The Morgan fingerprint density at radius 2 is 1.80 bits per heavy atom. The molecular weight excluding hydrogens is 254 g/mol. The summed E-state index contributed by atoms with van der Waals surface area (Å²) in [4.78, 5) is 4.52.